The molecule has 0 aromatic heterocycles. The zero-order valence-corrected chi connectivity index (χ0v) is 33.2. The van der Waals surface area contributed by atoms with Crippen molar-refractivity contribution >= 4 is 0 Å². The average Bonchev–Trinajstić information content (AvgIpc) is 3.15. The van der Waals surface area contributed by atoms with Crippen LogP contribution in [-0.4, -0.2) is 0 Å². The molecule has 2 nitrogen and oxygen atoms in total. The van der Waals surface area contributed by atoms with Gasteiger partial charge in [0, 0.05) is 52.4 Å². The summed E-state index contributed by atoms with van der Waals surface area (Å²) in [6, 6.07) is 35.5. The molecule has 2 aliphatic heterocycles. The largest absolute Gasteiger partial charge is 0.456 e. The summed E-state index contributed by atoms with van der Waals surface area (Å²) >= 11 is 0. The molecule has 0 spiro atoms. The first kappa shape index (κ1) is 29.3. The van der Waals surface area contributed by atoms with Gasteiger partial charge < -0.3 is 9.47 Å². The van der Waals surface area contributed by atoms with E-state index in [0.29, 0.717) is 22.6 Å². The third-order valence-corrected chi connectivity index (χ3v) is 11.7. The number of ether oxygens (including phenoxy) is 2. The summed E-state index contributed by atoms with van der Waals surface area (Å²) in [7, 11) is 0. The fourth-order valence-corrected chi connectivity index (χ4v) is 8.68. The highest BCUT2D eigenvalue weighted by Gasteiger charge is 2.39. The molecule has 8 rings (SSSR count). The quantitative estimate of drug-likeness (QED) is 0.182. The van der Waals surface area contributed by atoms with E-state index in [1.807, 2.05) is 60.7 Å². The van der Waals surface area contributed by atoms with E-state index >= 15 is 0 Å². The topological polar surface area (TPSA) is 18.5 Å². The van der Waals surface area contributed by atoms with Crippen molar-refractivity contribution in [2.75, 3.05) is 0 Å². The van der Waals surface area contributed by atoms with Gasteiger partial charge in [0.1, 0.15) is 23.0 Å². The number of aryl methyl sites for hydroxylation is 2. The van der Waals surface area contributed by atoms with Crippen LogP contribution >= 0.6 is 0 Å². The number of para-hydroxylation sites is 2. The molecular formula is C52H54O2. The molecule has 274 valence electrons. The lowest BCUT2D eigenvalue weighted by molar-refractivity contribution is 0.417. The summed E-state index contributed by atoms with van der Waals surface area (Å²) in [5.74, 6) is 2.98. The van der Waals surface area contributed by atoms with Crippen molar-refractivity contribution in [2.24, 2.45) is 0 Å². The molecule has 0 unspecified atom stereocenters. The summed E-state index contributed by atoms with van der Waals surface area (Å²) in [5.41, 5.74) is 8.81. The fourth-order valence-electron chi connectivity index (χ4n) is 8.68. The standard InChI is InChI=1S/C52H54O2/c1-31-21-23-33(45-39(49(3,4)5)25-27-41-47(45)53-43-19-15-13-17-37(43)51(41,9)10)29-35(31)36-30-34(24-22-32(36)2)46-40(50(6,7)8)26-28-42-48(46)54-44-20-16-14-18-38(44)52(42,11)12/h13-30H,1-12H3/i1D3,2D3. The van der Waals surface area contributed by atoms with Crippen LogP contribution in [0, 0.1) is 13.7 Å². The van der Waals surface area contributed by atoms with Gasteiger partial charge in [-0.25, -0.2) is 0 Å². The zero-order valence-electron chi connectivity index (χ0n) is 39.2. The van der Waals surface area contributed by atoms with Crippen LogP contribution in [-0.2, 0) is 21.7 Å². The molecule has 0 radical (unpaired) electrons. The Labute approximate surface area is 331 Å². The van der Waals surface area contributed by atoms with Crippen molar-refractivity contribution < 1.29 is 17.7 Å². The number of hydrogen-bond donors (Lipinski definition) is 0. The first-order chi connectivity index (χ1) is 27.8. The van der Waals surface area contributed by atoms with Gasteiger partial charge in [-0.15, -0.1) is 0 Å². The van der Waals surface area contributed by atoms with Crippen LogP contribution < -0.4 is 9.47 Å². The lowest BCUT2D eigenvalue weighted by Gasteiger charge is -2.37. The highest BCUT2D eigenvalue weighted by Crippen LogP contribution is 2.56. The van der Waals surface area contributed by atoms with Crippen LogP contribution in [0.2, 0.25) is 0 Å². The highest BCUT2D eigenvalue weighted by molar-refractivity contribution is 5.87. The minimum atomic E-state index is -2.56. The van der Waals surface area contributed by atoms with E-state index < -0.39 is 24.5 Å². The SMILES string of the molecule is [2H]C([2H])([2H])c1ccc(-c2c(C(C)(C)C)ccc3c2Oc2ccccc2C3(C)C)cc1-c1cc(-c2c(C(C)(C)C)ccc3c2Oc2ccccc2C3(C)C)ccc1C([2H])([2H])[2H]. The predicted molar refractivity (Wildman–Crippen MR) is 227 cm³/mol. The van der Waals surface area contributed by atoms with Gasteiger partial charge in [-0.05, 0) is 93.3 Å². The molecular weight excluding hydrogens is 657 g/mol. The Balaban J connectivity index is 1.44. The van der Waals surface area contributed by atoms with Crippen LogP contribution in [0.25, 0.3) is 33.4 Å². The molecule has 0 fully saturated rings. The maximum Gasteiger partial charge on any atom is 0.139 e. The smallest absolute Gasteiger partial charge is 0.139 e. The van der Waals surface area contributed by atoms with Crippen LogP contribution in [0.15, 0.2) is 109 Å². The maximum atomic E-state index is 8.81. The molecule has 2 heteroatoms. The lowest BCUT2D eigenvalue weighted by atomic mass is 9.71. The Morgan fingerprint density at radius 3 is 1.22 bits per heavy atom. The van der Waals surface area contributed by atoms with Gasteiger partial charge in [-0.3, -0.25) is 0 Å². The van der Waals surface area contributed by atoms with Gasteiger partial charge in [0.15, 0.2) is 0 Å². The molecule has 0 saturated heterocycles. The van der Waals surface area contributed by atoms with Crippen LogP contribution in [0.1, 0.15) is 122 Å². The molecule has 0 saturated carbocycles. The molecule has 0 bridgehead atoms. The van der Waals surface area contributed by atoms with Crippen molar-refractivity contribution in [1.29, 1.82) is 0 Å². The van der Waals surface area contributed by atoms with Crippen molar-refractivity contribution in [3.05, 3.63) is 154 Å². The molecule has 0 atom stereocenters. The van der Waals surface area contributed by atoms with Crippen LogP contribution in [0.5, 0.6) is 23.0 Å². The molecule has 0 aliphatic carbocycles. The summed E-state index contributed by atoms with van der Waals surface area (Å²) in [5, 5.41) is 0. The van der Waals surface area contributed by atoms with Crippen LogP contribution in [0.4, 0.5) is 0 Å². The monoisotopic (exact) mass is 716 g/mol. The van der Waals surface area contributed by atoms with E-state index in [1.54, 1.807) is 12.1 Å². The second-order valence-electron chi connectivity index (χ2n) is 18.2. The molecule has 0 amide bonds. The summed E-state index contributed by atoms with van der Waals surface area (Å²) in [6.45, 7) is 16.6. The Bertz CT molecular complexity index is 2510. The summed E-state index contributed by atoms with van der Waals surface area (Å²) in [4.78, 5) is 0. The lowest BCUT2D eigenvalue weighted by Crippen LogP contribution is -2.26. The van der Waals surface area contributed by atoms with E-state index in [-0.39, 0.29) is 22.0 Å². The van der Waals surface area contributed by atoms with Gasteiger partial charge in [-0.2, -0.15) is 0 Å². The molecule has 0 N–H and O–H groups in total. The van der Waals surface area contributed by atoms with Gasteiger partial charge >= 0.3 is 0 Å². The third kappa shape index (κ3) is 5.60. The van der Waals surface area contributed by atoms with Crippen molar-refractivity contribution in [3.8, 4) is 56.4 Å². The highest BCUT2D eigenvalue weighted by atomic mass is 16.5. The zero-order chi connectivity index (χ0) is 43.5. The van der Waals surface area contributed by atoms with Crippen molar-refractivity contribution in [3.63, 3.8) is 0 Å². The number of fused-ring (bicyclic) bond motifs is 4. The van der Waals surface area contributed by atoms with E-state index in [0.717, 1.165) is 67.1 Å². The first-order valence-corrected chi connectivity index (χ1v) is 19.0. The van der Waals surface area contributed by atoms with E-state index in [9.17, 15) is 0 Å². The van der Waals surface area contributed by atoms with Gasteiger partial charge in [0.2, 0.25) is 0 Å². The average molecular weight is 717 g/mol. The molecule has 6 aromatic carbocycles. The predicted octanol–water partition coefficient (Wildman–Crippen LogP) is 14.8. The second-order valence-corrected chi connectivity index (χ2v) is 18.2. The van der Waals surface area contributed by atoms with E-state index in [1.165, 1.54) is 0 Å². The minimum absolute atomic E-state index is 0.0695. The number of benzene rings is 6. The van der Waals surface area contributed by atoms with Crippen LogP contribution in [0.3, 0.4) is 0 Å². The third-order valence-electron chi connectivity index (χ3n) is 11.7. The second kappa shape index (κ2) is 12.2. The van der Waals surface area contributed by atoms with E-state index in [2.05, 4.69) is 106 Å². The Hall–Kier alpha value is -5.08. The van der Waals surface area contributed by atoms with E-state index in [4.69, 9.17) is 17.7 Å². The molecule has 54 heavy (non-hydrogen) atoms. The molecule has 2 heterocycles. The Morgan fingerprint density at radius 1 is 0.463 bits per heavy atom. The fraction of sp³-hybridized carbons (Fsp3) is 0.308. The van der Waals surface area contributed by atoms with Gasteiger partial charge in [0.05, 0.1) is 0 Å². The Morgan fingerprint density at radius 2 is 0.852 bits per heavy atom. The summed E-state index contributed by atoms with van der Waals surface area (Å²) in [6.07, 6.45) is 0. The number of rotatable bonds is 3. The molecule has 2 aliphatic rings. The summed E-state index contributed by atoms with van der Waals surface area (Å²) < 4.78 is 66.6. The maximum absolute atomic E-state index is 8.81. The minimum Gasteiger partial charge on any atom is -0.456 e. The Kier molecular flexibility index (Phi) is 6.63. The first-order valence-electron chi connectivity index (χ1n) is 22.0. The molecule has 6 aromatic rings. The van der Waals surface area contributed by atoms with Gasteiger partial charge in [0.25, 0.3) is 0 Å². The normalized spacial score (nSPS) is 17.4. The van der Waals surface area contributed by atoms with Crippen molar-refractivity contribution in [1.82, 2.24) is 0 Å². The van der Waals surface area contributed by atoms with Crippen molar-refractivity contribution in [2.45, 2.75) is 105 Å². The number of hydrogen-bond acceptors (Lipinski definition) is 2. The van der Waals surface area contributed by atoms with Gasteiger partial charge in [-0.1, -0.05) is 154 Å².